The zero-order valence-electron chi connectivity index (χ0n) is 18.0. The molecule has 0 radical (unpaired) electrons. The van der Waals surface area contributed by atoms with Crippen LogP contribution in [0.5, 0.6) is 0 Å². The van der Waals surface area contributed by atoms with Crippen LogP contribution >= 0.6 is 0 Å². The number of aryl methyl sites for hydroxylation is 1. The van der Waals surface area contributed by atoms with E-state index in [0.717, 1.165) is 11.1 Å². The van der Waals surface area contributed by atoms with Crippen molar-refractivity contribution in [3.05, 3.63) is 95.6 Å². The summed E-state index contributed by atoms with van der Waals surface area (Å²) in [4.78, 5) is 29.2. The van der Waals surface area contributed by atoms with E-state index in [1.807, 2.05) is 30.3 Å². The summed E-state index contributed by atoms with van der Waals surface area (Å²) in [5.41, 5.74) is 5.23. The number of benzene rings is 3. The molecular weight excluding hydrogens is 400 g/mol. The minimum Gasteiger partial charge on any atom is -0.394 e. The van der Waals surface area contributed by atoms with Crippen LogP contribution in [0.4, 0.5) is 0 Å². The van der Waals surface area contributed by atoms with Crippen molar-refractivity contribution in [1.29, 1.82) is 0 Å². The van der Waals surface area contributed by atoms with Gasteiger partial charge in [-0.3, -0.25) is 9.59 Å². The number of fused-ring (bicyclic) bond motifs is 1. The van der Waals surface area contributed by atoms with Crippen LogP contribution in [0.15, 0.2) is 78.9 Å². The van der Waals surface area contributed by atoms with E-state index in [0.29, 0.717) is 12.1 Å². The van der Waals surface area contributed by atoms with E-state index in [1.54, 1.807) is 21.9 Å². The van der Waals surface area contributed by atoms with Crippen LogP contribution in [0.1, 0.15) is 27.4 Å². The molecule has 2 fully saturated rings. The Kier molecular flexibility index (Phi) is 5.27. The van der Waals surface area contributed by atoms with Crippen LogP contribution in [0.25, 0.3) is 11.1 Å². The third kappa shape index (κ3) is 3.39. The Bertz CT molecular complexity index is 1140. The summed E-state index contributed by atoms with van der Waals surface area (Å²) in [5.74, 6) is -0.224. The molecule has 3 aromatic carbocycles. The van der Waals surface area contributed by atoms with Gasteiger partial charge >= 0.3 is 0 Å². The van der Waals surface area contributed by atoms with Gasteiger partial charge in [-0.05, 0) is 41.3 Å². The maximum atomic E-state index is 13.0. The molecule has 0 aromatic heterocycles. The number of aliphatic hydroxyl groups is 1. The lowest BCUT2D eigenvalue weighted by molar-refractivity contribution is -0.159. The average molecular weight is 427 g/mol. The molecule has 3 aromatic rings. The van der Waals surface area contributed by atoms with Crippen LogP contribution in [-0.4, -0.2) is 58.5 Å². The van der Waals surface area contributed by atoms with E-state index in [-0.39, 0.29) is 43.0 Å². The molecule has 0 spiro atoms. The van der Waals surface area contributed by atoms with Gasteiger partial charge in [0.1, 0.15) is 6.54 Å². The number of aliphatic hydroxyl groups excluding tert-OH is 1. The fourth-order valence-corrected chi connectivity index (χ4v) is 5.20. The monoisotopic (exact) mass is 426 g/mol. The number of piperazine rings is 1. The number of hydrogen-bond acceptors (Lipinski definition) is 3. The number of carbonyl (C=O) groups excluding carboxylic acids is 2. The minimum atomic E-state index is -0.245. The SMILES string of the molecule is Cc1ccccc1-c1ccc([C@H]2[C@H]3CN(C(=O)c4ccccc4)CC(=O)N3[C@H]2CO)cc1. The second kappa shape index (κ2) is 8.24. The molecular formula is C27H26N2O3. The minimum absolute atomic E-state index is 0.00115. The molecule has 0 unspecified atom stereocenters. The number of hydrogen-bond donors (Lipinski definition) is 1. The van der Waals surface area contributed by atoms with Crippen molar-refractivity contribution in [1.82, 2.24) is 9.80 Å². The Labute approximate surface area is 187 Å². The average Bonchev–Trinajstić information content (AvgIpc) is 2.81. The van der Waals surface area contributed by atoms with Crippen molar-refractivity contribution in [2.75, 3.05) is 19.7 Å². The molecule has 2 aliphatic heterocycles. The standard InChI is InChI=1S/C27H26N2O3/c1-18-7-5-6-10-22(18)19-11-13-20(14-12-19)26-23-15-28(16-25(31)29(23)24(26)17-30)27(32)21-8-3-2-4-9-21/h2-14,23-24,26,30H,15-17H2,1H3/t23-,24+,26+/m1/s1. The third-order valence-corrected chi connectivity index (χ3v) is 6.81. The van der Waals surface area contributed by atoms with Gasteiger partial charge in [-0.2, -0.15) is 0 Å². The Balaban J connectivity index is 1.40. The first-order chi connectivity index (χ1) is 15.6. The zero-order chi connectivity index (χ0) is 22.2. The van der Waals surface area contributed by atoms with Crippen LogP contribution in [0.2, 0.25) is 0 Å². The van der Waals surface area contributed by atoms with E-state index in [2.05, 4.69) is 43.3 Å². The van der Waals surface area contributed by atoms with Gasteiger partial charge in [0.2, 0.25) is 5.91 Å². The highest BCUT2D eigenvalue weighted by atomic mass is 16.3. The molecule has 0 saturated carbocycles. The summed E-state index contributed by atoms with van der Waals surface area (Å²) in [6.07, 6.45) is 0. The topological polar surface area (TPSA) is 60.9 Å². The second-order valence-electron chi connectivity index (χ2n) is 8.63. The first kappa shape index (κ1) is 20.5. The highest BCUT2D eigenvalue weighted by Gasteiger charge is 2.54. The van der Waals surface area contributed by atoms with Gasteiger partial charge in [0.25, 0.3) is 5.91 Å². The van der Waals surface area contributed by atoms with Crippen LogP contribution in [0, 0.1) is 6.92 Å². The molecule has 2 heterocycles. The molecule has 32 heavy (non-hydrogen) atoms. The summed E-state index contributed by atoms with van der Waals surface area (Å²) >= 11 is 0. The Morgan fingerprint density at radius 3 is 2.34 bits per heavy atom. The van der Waals surface area contributed by atoms with Crippen LogP contribution in [-0.2, 0) is 4.79 Å². The predicted octanol–water partition coefficient (Wildman–Crippen LogP) is 3.47. The lowest BCUT2D eigenvalue weighted by atomic mass is 9.73. The number of nitrogens with zero attached hydrogens (tertiary/aromatic N) is 2. The summed E-state index contributed by atoms with van der Waals surface area (Å²) < 4.78 is 0. The van der Waals surface area contributed by atoms with E-state index in [1.165, 1.54) is 11.1 Å². The van der Waals surface area contributed by atoms with Crippen molar-refractivity contribution >= 4 is 11.8 Å². The Hall–Kier alpha value is -3.44. The maximum absolute atomic E-state index is 13.0. The molecule has 162 valence electrons. The number of rotatable bonds is 4. The Morgan fingerprint density at radius 1 is 0.969 bits per heavy atom. The summed E-state index contributed by atoms with van der Waals surface area (Å²) in [6.45, 7) is 2.54. The molecule has 2 saturated heterocycles. The lowest BCUT2D eigenvalue weighted by Gasteiger charge is -2.58. The van der Waals surface area contributed by atoms with Gasteiger partial charge in [0.05, 0.1) is 18.7 Å². The van der Waals surface area contributed by atoms with Crippen molar-refractivity contribution < 1.29 is 14.7 Å². The smallest absolute Gasteiger partial charge is 0.254 e. The molecule has 3 atom stereocenters. The van der Waals surface area contributed by atoms with Gasteiger partial charge in [0, 0.05) is 18.0 Å². The fraction of sp³-hybridized carbons (Fsp3) is 0.259. The predicted molar refractivity (Wildman–Crippen MR) is 123 cm³/mol. The van der Waals surface area contributed by atoms with E-state index in [4.69, 9.17) is 0 Å². The highest BCUT2D eigenvalue weighted by Crippen LogP contribution is 2.43. The molecule has 0 bridgehead atoms. The molecule has 5 heteroatoms. The molecule has 0 aliphatic carbocycles. The zero-order valence-corrected chi connectivity index (χ0v) is 18.0. The molecule has 5 rings (SSSR count). The van der Waals surface area contributed by atoms with Crippen LogP contribution in [0.3, 0.4) is 0 Å². The highest BCUT2D eigenvalue weighted by molar-refractivity contribution is 5.97. The van der Waals surface area contributed by atoms with Gasteiger partial charge in [-0.15, -0.1) is 0 Å². The van der Waals surface area contributed by atoms with Crippen molar-refractivity contribution in [2.24, 2.45) is 0 Å². The maximum Gasteiger partial charge on any atom is 0.254 e. The molecule has 2 amide bonds. The van der Waals surface area contributed by atoms with E-state index >= 15 is 0 Å². The van der Waals surface area contributed by atoms with Crippen molar-refractivity contribution in [3.63, 3.8) is 0 Å². The van der Waals surface area contributed by atoms with Gasteiger partial charge in [-0.1, -0.05) is 66.7 Å². The Morgan fingerprint density at radius 2 is 1.66 bits per heavy atom. The molecule has 5 nitrogen and oxygen atoms in total. The summed E-state index contributed by atoms with van der Waals surface area (Å²) in [7, 11) is 0. The first-order valence-electron chi connectivity index (χ1n) is 11.0. The van der Waals surface area contributed by atoms with Crippen molar-refractivity contribution in [2.45, 2.75) is 24.9 Å². The van der Waals surface area contributed by atoms with E-state index < -0.39 is 0 Å². The number of carbonyl (C=O) groups is 2. The quantitative estimate of drug-likeness (QED) is 0.695. The van der Waals surface area contributed by atoms with E-state index in [9.17, 15) is 14.7 Å². The fourth-order valence-electron chi connectivity index (χ4n) is 5.20. The van der Waals surface area contributed by atoms with Gasteiger partial charge in [0.15, 0.2) is 0 Å². The number of amides is 2. The molecule has 1 N–H and O–H groups in total. The summed E-state index contributed by atoms with van der Waals surface area (Å²) in [6, 6.07) is 25.4. The normalized spacial score (nSPS) is 22.3. The van der Waals surface area contributed by atoms with Crippen LogP contribution < -0.4 is 0 Å². The summed E-state index contributed by atoms with van der Waals surface area (Å²) in [5, 5.41) is 10.0. The lowest BCUT2D eigenvalue weighted by Crippen LogP contribution is -2.73. The first-order valence-corrected chi connectivity index (χ1v) is 11.0. The van der Waals surface area contributed by atoms with Crippen molar-refractivity contribution in [3.8, 4) is 11.1 Å². The van der Waals surface area contributed by atoms with Gasteiger partial charge < -0.3 is 14.9 Å². The largest absolute Gasteiger partial charge is 0.394 e. The van der Waals surface area contributed by atoms with Gasteiger partial charge in [-0.25, -0.2) is 0 Å². The third-order valence-electron chi connectivity index (χ3n) is 6.81. The molecule has 2 aliphatic rings. The second-order valence-corrected chi connectivity index (χ2v) is 8.63.